The molecule has 0 bridgehead atoms. The van der Waals surface area contributed by atoms with Gasteiger partial charge in [0.05, 0.1) is 16.5 Å². The van der Waals surface area contributed by atoms with E-state index in [4.69, 9.17) is 20.1 Å². The summed E-state index contributed by atoms with van der Waals surface area (Å²) in [5.74, 6) is 1.62. The fraction of sp³-hybridized carbons (Fsp3) is 0.286. The second-order valence-electron chi connectivity index (χ2n) is 9.79. The highest BCUT2D eigenvalue weighted by Crippen LogP contribution is 2.34. The molecule has 2 aromatic carbocycles. The topological polar surface area (TPSA) is 147 Å². The maximum absolute atomic E-state index is 11.5. The molecular formula is C28H29N7O3S2. The van der Waals surface area contributed by atoms with Gasteiger partial charge in [0.2, 0.25) is 16.0 Å². The van der Waals surface area contributed by atoms with Gasteiger partial charge in [-0.25, -0.2) is 18.5 Å². The van der Waals surface area contributed by atoms with Crippen LogP contribution >= 0.6 is 11.3 Å². The number of allylic oxidation sites excluding steroid dienone is 1. The first kappa shape index (κ1) is 27.7. The highest BCUT2D eigenvalue weighted by Gasteiger charge is 2.22. The molecule has 5 rings (SSSR count). The van der Waals surface area contributed by atoms with Crippen LogP contribution in [0.15, 0.2) is 52.9 Å². The van der Waals surface area contributed by atoms with Crippen molar-refractivity contribution in [1.82, 2.24) is 19.9 Å². The first-order valence-electron chi connectivity index (χ1n) is 12.8. The van der Waals surface area contributed by atoms with Crippen LogP contribution in [0.25, 0.3) is 16.4 Å². The standard InChI is InChI=1S/C28H29N7O3S2/c1-18-14-21(4-3-11-29)15-19(2)25(18)38-26-24-27(39-17-31-24)34-28(33-26)32-22-9-12-35(13-10-22)16-20-5-7-23(8-6-20)40(30,36)37/h3-8,14-15,17,22H,9-10,12-13,16H2,1-2H3,(H2,30,36,37)(H,32,33,34)/b4-3+. The molecule has 0 radical (unpaired) electrons. The number of hydrogen-bond acceptors (Lipinski definition) is 10. The molecule has 4 aromatic rings. The van der Waals surface area contributed by atoms with Crippen LogP contribution in [-0.4, -0.2) is 47.4 Å². The molecule has 0 saturated carbocycles. The van der Waals surface area contributed by atoms with Crippen molar-refractivity contribution in [3.05, 3.63) is 70.2 Å². The Morgan fingerprint density at radius 1 is 1.18 bits per heavy atom. The number of ether oxygens (including phenoxy) is 1. The van der Waals surface area contributed by atoms with Gasteiger partial charge in [-0.1, -0.05) is 12.1 Å². The third-order valence-corrected chi connectivity index (χ3v) is 8.42. The first-order valence-corrected chi connectivity index (χ1v) is 15.2. The molecule has 10 nitrogen and oxygen atoms in total. The summed E-state index contributed by atoms with van der Waals surface area (Å²) in [7, 11) is -3.69. The number of thiazole rings is 1. The van der Waals surface area contributed by atoms with E-state index >= 15 is 0 Å². The Morgan fingerprint density at radius 2 is 1.88 bits per heavy atom. The van der Waals surface area contributed by atoms with Gasteiger partial charge in [0.1, 0.15) is 5.75 Å². The number of rotatable bonds is 8. The number of nitrogens with zero attached hydrogens (tertiary/aromatic N) is 5. The molecule has 0 aliphatic carbocycles. The molecule has 0 unspecified atom stereocenters. The zero-order valence-electron chi connectivity index (χ0n) is 22.2. The lowest BCUT2D eigenvalue weighted by molar-refractivity contribution is 0.211. The summed E-state index contributed by atoms with van der Waals surface area (Å²) in [4.78, 5) is 17.0. The molecule has 3 N–H and O–H groups in total. The lowest BCUT2D eigenvalue weighted by atomic mass is 10.0. The number of nitrogens with two attached hydrogens (primary N) is 1. The number of sulfonamides is 1. The van der Waals surface area contributed by atoms with Gasteiger partial charge in [-0.3, -0.25) is 4.90 Å². The van der Waals surface area contributed by atoms with Crippen LogP contribution < -0.4 is 15.2 Å². The number of fused-ring (bicyclic) bond motifs is 1. The highest BCUT2D eigenvalue weighted by molar-refractivity contribution is 7.89. The largest absolute Gasteiger partial charge is 0.436 e. The van der Waals surface area contributed by atoms with Crippen LogP contribution in [0.5, 0.6) is 11.6 Å². The molecule has 0 spiro atoms. The predicted molar refractivity (Wildman–Crippen MR) is 156 cm³/mol. The Balaban J connectivity index is 1.26. The smallest absolute Gasteiger partial charge is 0.252 e. The third kappa shape index (κ3) is 6.46. The number of nitrogens with one attached hydrogen (secondary N) is 1. The van der Waals surface area contributed by atoms with Crippen molar-refractivity contribution < 1.29 is 13.2 Å². The number of primary sulfonamides is 1. The number of aryl methyl sites for hydroxylation is 2. The van der Waals surface area contributed by atoms with E-state index in [0.29, 0.717) is 23.1 Å². The van der Waals surface area contributed by atoms with E-state index in [2.05, 4.69) is 20.2 Å². The zero-order chi connectivity index (χ0) is 28.3. The maximum Gasteiger partial charge on any atom is 0.252 e. The average Bonchev–Trinajstić information content (AvgIpc) is 3.39. The summed E-state index contributed by atoms with van der Waals surface area (Å²) in [6.07, 6.45) is 5.04. The summed E-state index contributed by atoms with van der Waals surface area (Å²) >= 11 is 1.44. The van der Waals surface area contributed by atoms with Crippen molar-refractivity contribution in [2.75, 3.05) is 18.4 Å². The van der Waals surface area contributed by atoms with E-state index in [9.17, 15) is 8.42 Å². The molecule has 40 heavy (non-hydrogen) atoms. The normalized spacial score (nSPS) is 14.9. The molecular weight excluding hydrogens is 546 g/mol. The van der Waals surface area contributed by atoms with Crippen molar-refractivity contribution in [2.24, 2.45) is 5.14 Å². The molecule has 1 saturated heterocycles. The number of nitriles is 1. The molecule has 1 fully saturated rings. The number of piperidine rings is 1. The minimum atomic E-state index is -3.69. The van der Waals surface area contributed by atoms with E-state index < -0.39 is 10.0 Å². The van der Waals surface area contributed by atoms with Crippen molar-refractivity contribution >= 4 is 43.7 Å². The predicted octanol–water partition coefficient (Wildman–Crippen LogP) is 4.76. The molecule has 3 heterocycles. The SMILES string of the molecule is Cc1cc(/C=C/C#N)cc(C)c1Oc1nc(NC2CCN(Cc3ccc(S(N)(=O)=O)cc3)CC2)nc2scnc12. The van der Waals surface area contributed by atoms with Crippen LogP contribution in [0.3, 0.4) is 0 Å². The molecule has 1 aliphatic heterocycles. The van der Waals surface area contributed by atoms with Crippen LogP contribution in [0.1, 0.15) is 35.1 Å². The second kappa shape index (κ2) is 11.7. The minimum Gasteiger partial charge on any atom is -0.436 e. The Hall–Kier alpha value is -3.89. The fourth-order valence-electron chi connectivity index (χ4n) is 4.80. The summed E-state index contributed by atoms with van der Waals surface area (Å²) in [5.41, 5.74) is 6.19. The minimum absolute atomic E-state index is 0.121. The van der Waals surface area contributed by atoms with E-state index in [-0.39, 0.29) is 10.9 Å². The summed E-state index contributed by atoms with van der Waals surface area (Å²) in [5, 5.41) is 17.5. The van der Waals surface area contributed by atoms with Crippen molar-refractivity contribution in [2.45, 2.75) is 44.2 Å². The van der Waals surface area contributed by atoms with Crippen LogP contribution in [0, 0.1) is 25.2 Å². The molecule has 2 aromatic heterocycles. The van der Waals surface area contributed by atoms with Crippen molar-refractivity contribution in [1.29, 1.82) is 5.26 Å². The van der Waals surface area contributed by atoms with Gasteiger partial charge >= 0.3 is 0 Å². The first-order chi connectivity index (χ1) is 19.2. The monoisotopic (exact) mass is 575 g/mol. The zero-order valence-corrected chi connectivity index (χ0v) is 23.8. The Kier molecular flexibility index (Phi) is 8.09. The number of benzene rings is 2. The Labute approximate surface area is 237 Å². The lowest BCUT2D eigenvalue weighted by Gasteiger charge is -2.32. The quantitative estimate of drug-likeness (QED) is 0.284. The fourth-order valence-corrected chi connectivity index (χ4v) is 5.97. The lowest BCUT2D eigenvalue weighted by Crippen LogP contribution is -2.39. The molecule has 1 aliphatic rings. The van der Waals surface area contributed by atoms with Crippen LogP contribution in [-0.2, 0) is 16.6 Å². The number of hydrogen-bond donors (Lipinski definition) is 2. The third-order valence-electron chi connectivity index (χ3n) is 6.78. The number of anilines is 1. The van der Waals surface area contributed by atoms with Gasteiger partial charge < -0.3 is 10.1 Å². The van der Waals surface area contributed by atoms with Crippen LogP contribution in [0.2, 0.25) is 0 Å². The summed E-state index contributed by atoms with van der Waals surface area (Å²) in [6.45, 7) is 6.43. The molecule has 0 atom stereocenters. The van der Waals surface area contributed by atoms with Gasteiger partial charge in [0.25, 0.3) is 5.88 Å². The van der Waals surface area contributed by atoms with Gasteiger partial charge in [-0.2, -0.15) is 15.2 Å². The van der Waals surface area contributed by atoms with E-state index in [1.165, 1.54) is 17.4 Å². The highest BCUT2D eigenvalue weighted by atomic mass is 32.2. The van der Waals surface area contributed by atoms with E-state index in [1.54, 1.807) is 23.7 Å². The summed E-state index contributed by atoms with van der Waals surface area (Å²) in [6, 6.07) is 12.9. The van der Waals surface area contributed by atoms with E-state index in [0.717, 1.165) is 59.6 Å². The van der Waals surface area contributed by atoms with Gasteiger partial charge in [0, 0.05) is 31.8 Å². The average molecular weight is 576 g/mol. The van der Waals surface area contributed by atoms with Gasteiger partial charge in [-0.15, -0.1) is 11.3 Å². The summed E-state index contributed by atoms with van der Waals surface area (Å²) < 4.78 is 29.3. The van der Waals surface area contributed by atoms with Crippen molar-refractivity contribution in [3.8, 4) is 17.7 Å². The maximum atomic E-state index is 11.5. The van der Waals surface area contributed by atoms with Crippen molar-refractivity contribution in [3.63, 3.8) is 0 Å². The molecule has 206 valence electrons. The van der Waals surface area contributed by atoms with Gasteiger partial charge in [0.15, 0.2) is 10.3 Å². The number of likely N-dealkylation sites (tertiary alicyclic amines) is 1. The van der Waals surface area contributed by atoms with Gasteiger partial charge in [-0.05, 0) is 79.3 Å². The number of aromatic nitrogens is 3. The van der Waals surface area contributed by atoms with E-state index in [1.807, 2.05) is 44.2 Å². The second-order valence-corrected chi connectivity index (χ2v) is 12.2. The Bertz CT molecular complexity index is 1680. The molecule has 0 amide bonds. The molecule has 12 heteroatoms. The Morgan fingerprint density at radius 3 is 2.52 bits per heavy atom. The van der Waals surface area contributed by atoms with Crippen LogP contribution in [0.4, 0.5) is 5.95 Å².